The number of hydrogen-bond acceptors (Lipinski definition) is 2. The first-order valence-corrected chi connectivity index (χ1v) is 8.62. The molecule has 1 amide bonds. The van der Waals surface area contributed by atoms with Crippen LogP contribution in [0.4, 0.5) is 8.78 Å². The lowest BCUT2D eigenvalue weighted by Crippen LogP contribution is -2.50. The maximum Gasteiger partial charge on any atom is 0.220 e. The van der Waals surface area contributed by atoms with Crippen molar-refractivity contribution in [1.82, 2.24) is 10.6 Å². The number of benzene rings is 2. The monoisotopic (exact) mass is 344 g/mol. The molecule has 0 aliphatic carbocycles. The highest BCUT2D eigenvalue weighted by Crippen LogP contribution is 2.27. The number of piperidine rings is 1. The van der Waals surface area contributed by atoms with Gasteiger partial charge in [0.1, 0.15) is 0 Å². The standard InChI is InChI=1S/C20H22F2N2O/c21-17-8-7-15(12-18(17)22)16-10-11-23-13-19(16)24-20(25)9-6-14-4-2-1-3-5-14/h1-5,7-8,12,16,19,23H,6,9-11,13H2,(H,24,25). The van der Waals surface area contributed by atoms with E-state index in [1.54, 1.807) is 6.07 Å². The van der Waals surface area contributed by atoms with Gasteiger partial charge in [-0.05, 0) is 42.6 Å². The van der Waals surface area contributed by atoms with Crippen molar-refractivity contribution in [3.8, 4) is 0 Å². The van der Waals surface area contributed by atoms with Gasteiger partial charge in [0.25, 0.3) is 0 Å². The average Bonchev–Trinajstić information content (AvgIpc) is 2.64. The fourth-order valence-corrected chi connectivity index (χ4v) is 3.33. The molecule has 5 heteroatoms. The summed E-state index contributed by atoms with van der Waals surface area (Å²) >= 11 is 0. The van der Waals surface area contributed by atoms with Gasteiger partial charge in [-0.2, -0.15) is 0 Å². The third-order valence-corrected chi connectivity index (χ3v) is 4.68. The molecule has 25 heavy (non-hydrogen) atoms. The Morgan fingerprint density at radius 2 is 1.92 bits per heavy atom. The summed E-state index contributed by atoms with van der Waals surface area (Å²) in [6.07, 6.45) is 1.86. The molecule has 2 N–H and O–H groups in total. The van der Waals surface area contributed by atoms with Crippen molar-refractivity contribution in [1.29, 1.82) is 0 Å². The van der Waals surface area contributed by atoms with E-state index in [-0.39, 0.29) is 17.9 Å². The van der Waals surface area contributed by atoms with Crippen LogP contribution in [0.15, 0.2) is 48.5 Å². The lowest BCUT2D eigenvalue weighted by molar-refractivity contribution is -0.122. The Bertz CT molecular complexity index is 721. The highest BCUT2D eigenvalue weighted by atomic mass is 19.2. The first-order chi connectivity index (χ1) is 12.1. The van der Waals surface area contributed by atoms with Gasteiger partial charge < -0.3 is 10.6 Å². The molecule has 0 aromatic heterocycles. The van der Waals surface area contributed by atoms with Crippen LogP contribution in [0.2, 0.25) is 0 Å². The van der Waals surface area contributed by atoms with Gasteiger partial charge in [-0.25, -0.2) is 8.78 Å². The molecule has 0 radical (unpaired) electrons. The topological polar surface area (TPSA) is 41.1 Å². The van der Waals surface area contributed by atoms with Gasteiger partial charge in [0.15, 0.2) is 11.6 Å². The number of hydrogen-bond donors (Lipinski definition) is 2. The highest BCUT2D eigenvalue weighted by Gasteiger charge is 2.28. The minimum atomic E-state index is -0.846. The lowest BCUT2D eigenvalue weighted by atomic mass is 9.86. The van der Waals surface area contributed by atoms with Gasteiger partial charge in [0.05, 0.1) is 0 Å². The minimum Gasteiger partial charge on any atom is -0.351 e. The molecule has 2 atom stereocenters. The number of amides is 1. The Hall–Kier alpha value is -2.27. The highest BCUT2D eigenvalue weighted by molar-refractivity contribution is 5.76. The Kier molecular flexibility index (Phi) is 5.76. The summed E-state index contributed by atoms with van der Waals surface area (Å²) in [5.41, 5.74) is 1.85. The van der Waals surface area contributed by atoms with E-state index < -0.39 is 11.6 Å². The average molecular weight is 344 g/mol. The Labute approximate surface area is 146 Å². The third kappa shape index (κ3) is 4.63. The van der Waals surface area contributed by atoms with Crippen LogP contribution in [0.5, 0.6) is 0 Å². The predicted molar refractivity (Wildman–Crippen MR) is 93.3 cm³/mol. The molecule has 3 nitrogen and oxygen atoms in total. The number of aryl methyl sites for hydroxylation is 1. The van der Waals surface area contributed by atoms with Crippen molar-refractivity contribution in [2.24, 2.45) is 0 Å². The number of nitrogens with one attached hydrogen (secondary N) is 2. The maximum absolute atomic E-state index is 13.6. The summed E-state index contributed by atoms with van der Waals surface area (Å²) in [7, 11) is 0. The van der Waals surface area contributed by atoms with Crippen LogP contribution in [0.1, 0.15) is 29.9 Å². The Morgan fingerprint density at radius 1 is 1.12 bits per heavy atom. The van der Waals surface area contributed by atoms with E-state index >= 15 is 0 Å². The van der Waals surface area contributed by atoms with Crippen molar-refractivity contribution >= 4 is 5.91 Å². The van der Waals surface area contributed by atoms with E-state index in [4.69, 9.17) is 0 Å². The summed E-state index contributed by atoms with van der Waals surface area (Å²) < 4.78 is 26.7. The molecule has 2 aromatic carbocycles. The Balaban J connectivity index is 1.62. The smallest absolute Gasteiger partial charge is 0.220 e. The summed E-state index contributed by atoms with van der Waals surface area (Å²) in [4.78, 5) is 12.3. The molecule has 1 aliphatic rings. The van der Waals surface area contributed by atoms with E-state index in [1.165, 1.54) is 6.07 Å². The SMILES string of the molecule is O=C(CCc1ccccc1)NC1CNCCC1c1ccc(F)c(F)c1. The van der Waals surface area contributed by atoms with Gasteiger partial charge in [0.2, 0.25) is 5.91 Å². The lowest BCUT2D eigenvalue weighted by Gasteiger charge is -2.33. The van der Waals surface area contributed by atoms with Crippen molar-refractivity contribution in [3.05, 3.63) is 71.3 Å². The number of carbonyl (C=O) groups is 1. The van der Waals surface area contributed by atoms with E-state index in [0.29, 0.717) is 19.4 Å². The molecule has 1 fully saturated rings. The number of halogens is 2. The summed E-state index contributed by atoms with van der Waals surface area (Å²) in [5.74, 6) is -1.73. The number of carbonyl (C=O) groups excluding carboxylic acids is 1. The molecule has 132 valence electrons. The molecule has 3 rings (SSSR count). The van der Waals surface area contributed by atoms with Gasteiger partial charge in [-0.3, -0.25) is 4.79 Å². The van der Waals surface area contributed by atoms with Crippen molar-refractivity contribution < 1.29 is 13.6 Å². The quantitative estimate of drug-likeness (QED) is 0.875. The molecule has 0 spiro atoms. The van der Waals surface area contributed by atoms with Gasteiger partial charge in [0, 0.05) is 24.9 Å². The maximum atomic E-state index is 13.6. The second kappa shape index (κ2) is 8.21. The van der Waals surface area contributed by atoms with Crippen LogP contribution in [0.3, 0.4) is 0 Å². The van der Waals surface area contributed by atoms with E-state index in [9.17, 15) is 13.6 Å². The molecule has 1 aliphatic heterocycles. The molecule has 2 aromatic rings. The first-order valence-electron chi connectivity index (χ1n) is 8.62. The van der Waals surface area contributed by atoms with Crippen LogP contribution in [0.25, 0.3) is 0 Å². The van der Waals surface area contributed by atoms with Crippen LogP contribution in [-0.4, -0.2) is 25.0 Å². The molecule has 1 saturated heterocycles. The zero-order valence-corrected chi connectivity index (χ0v) is 14.0. The van der Waals surface area contributed by atoms with E-state index in [1.807, 2.05) is 30.3 Å². The summed E-state index contributed by atoms with van der Waals surface area (Å²) in [6, 6.07) is 13.7. The second-order valence-electron chi connectivity index (χ2n) is 6.43. The van der Waals surface area contributed by atoms with Gasteiger partial charge >= 0.3 is 0 Å². The van der Waals surface area contributed by atoms with Crippen LogP contribution in [-0.2, 0) is 11.2 Å². The number of rotatable bonds is 5. The Morgan fingerprint density at radius 3 is 2.68 bits per heavy atom. The van der Waals surface area contributed by atoms with Crippen molar-refractivity contribution in [3.63, 3.8) is 0 Å². The fraction of sp³-hybridized carbons (Fsp3) is 0.350. The van der Waals surface area contributed by atoms with Gasteiger partial charge in [-0.15, -0.1) is 0 Å². The molecule has 2 unspecified atom stereocenters. The summed E-state index contributed by atoms with van der Waals surface area (Å²) in [6.45, 7) is 1.42. The first kappa shape index (κ1) is 17.5. The zero-order valence-electron chi connectivity index (χ0n) is 14.0. The largest absolute Gasteiger partial charge is 0.351 e. The molecule has 0 saturated carbocycles. The van der Waals surface area contributed by atoms with Crippen molar-refractivity contribution in [2.45, 2.75) is 31.2 Å². The van der Waals surface area contributed by atoms with Crippen LogP contribution < -0.4 is 10.6 Å². The molecular formula is C20H22F2N2O. The van der Waals surface area contributed by atoms with E-state index in [0.717, 1.165) is 30.2 Å². The zero-order chi connectivity index (χ0) is 17.6. The third-order valence-electron chi connectivity index (χ3n) is 4.68. The van der Waals surface area contributed by atoms with Crippen LogP contribution in [0, 0.1) is 11.6 Å². The molecule has 0 bridgehead atoms. The normalized spacial score (nSPS) is 20.2. The van der Waals surface area contributed by atoms with Crippen molar-refractivity contribution in [2.75, 3.05) is 13.1 Å². The molecular weight excluding hydrogens is 322 g/mol. The van der Waals surface area contributed by atoms with E-state index in [2.05, 4.69) is 10.6 Å². The fourth-order valence-electron chi connectivity index (χ4n) is 3.33. The minimum absolute atomic E-state index is 0.0166. The molecule has 1 heterocycles. The second-order valence-corrected chi connectivity index (χ2v) is 6.43. The predicted octanol–water partition coefficient (Wildman–Crippen LogP) is 3.16. The van der Waals surface area contributed by atoms with Gasteiger partial charge in [-0.1, -0.05) is 36.4 Å². The summed E-state index contributed by atoms with van der Waals surface area (Å²) in [5, 5.41) is 6.31. The van der Waals surface area contributed by atoms with Crippen LogP contribution >= 0.6 is 0 Å².